The van der Waals surface area contributed by atoms with E-state index in [-0.39, 0.29) is 6.42 Å². The van der Waals surface area contributed by atoms with E-state index < -0.39 is 12.1 Å². The molecule has 2 nitrogen and oxygen atoms in total. The molecule has 0 heterocycles. The van der Waals surface area contributed by atoms with Crippen LogP contribution < -0.4 is 0 Å². The number of benzene rings is 1. The summed E-state index contributed by atoms with van der Waals surface area (Å²) in [6, 6.07) is 7.05. The second kappa shape index (κ2) is 3.50. The molecular weight excluding hydrogens is 195 g/mol. The van der Waals surface area contributed by atoms with E-state index in [2.05, 4.69) is 0 Å². The van der Waals surface area contributed by atoms with Gasteiger partial charge < -0.3 is 5.11 Å². The van der Waals surface area contributed by atoms with Gasteiger partial charge in [-0.15, -0.1) is 0 Å². The average molecular weight is 206 g/mol. The lowest BCUT2D eigenvalue weighted by Crippen LogP contribution is -1.96. The zero-order chi connectivity index (χ0) is 11.0. The summed E-state index contributed by atoms with van der Waals surface area (Å²) in [5.41, 5.74) is 2.47. The molecule has 0 amide bonds. The standard InChI is InChI=1S/C12H11FO2/c1-7-10(6-11(14)15)8-4-2-3-5-9(8)12(7)13/h2-5,12H,6H2,1H3,(H,14,15). The number of rotatable bonds is 2. The number of carboxylic acid groups (broad SMARTS) is 1. The molecule has 0 fully saturated rings. The van der Waals surface area contributed by atoms with Gasteiger partial charge in [-0.25, -0.2) is 4.39 Å². The predicted octanol–water partition coefficient (Wildman–Crippen LogP) is 2.96. The Morgan fingerprint density at radius 2 is 2.13 bits per heavy atom. The number of hydrogen-bond donors (Lipinski definition) is 1. The lowest BCUT2D eigenvalue weighted by molar-refractivity contribution is -0.135. The van der Waals surface area contributed by atoms with E-state index >= 15 is 0 Å². The zero-order valence-corrected chi connectivity index (χ0v) is 8.33. The third-order valence-corrected chi connectivity index (χ3v) is 2.74. The van der Waals surface area contributed by atoms with Crippen molar-refractivity contribution in [1.29, 1.82) is 0 Å². The van der Waals surface area contributed by atoms with Crippen LogP contribution in [-0.2, 0) is 4.79 Å². The van der Waals surface area contributed by atoms with Gasteiger partial charge in [0, 0.05) is 0 Å². The molecule has 3 heteroatoms. The highest BCUT2D eigenvalue weighted by Crippen LogP contribution is 2.43. The fourth-order valence-corrected chi connectivity index (χ4v) is 1.98. The van der Waals surface area contributed by atoms with Gasteiger partial charge in [-0.05, 0) is 29.2 Å². The van der Waals surface area contributed by atoms with Crippen molar-refractivity contribution >= 4 is 11.5 Å². The van der Waals surface area contributed by atoms with E-state index in [0.717, 1.165) is 5.56 Å². The summed E-state index contributed by atoms with van der Waals surface area (Å²) >= 11 is 0. The van der Waals surface area contributed by atoms with Gasteiger partial charge in [0.25, 0.3) is 0 Å². The molecule has 1 aliphatic carbocycles. The highest BCUT2D eigenvalue weighted by atomic mass is 19.1. The van der Waals surface area contributed by atoms with Crippen LogP contribution >= 0.6 is 0 Å². The number of hydrogen-bond acceptors (Lipinski definition) is 1. The number of alkyl halides is 1. The molecule has 15 heavy (non-hydrogen) atoms. The molecule has 1 unspecified atom stereocenters. The molecule has 0 saturated carbocycles. The van der Waals surface area contributed by atoms with E-state index in [1.54, 1.807) is 31.2 Å². The first-order valence-electron chi connectivity index (χ1n) is 4.76. The molecule has 0 bridgehead atoms. The third kappa shape index (κ3) is 1.54. The summed E-state index contributed by atoms with van der Waals surface area (Å²) < 4.78 is 13.8. The molecule has 0 aliphatic heterocycles. The minimum atomic E-state index is -1.14. The monoisotopic (exact) mass is 206 g/mol. The first-order valence-corrected chi connectivity index (χ1v) is 4.76. The minimum Gasteiger partial charge on any atom is -0.481 e. The number of fused-ring (bicyclic) bond motifs is 1. The summed E-state index contributed by atoms with van der Waals surface area (Å²) in [6.45, 7) is 1.66. The van der Waals surface area contributed by atoms with Gasteiger partial charge in [0.2, 0.25) is 0 Å². The maximum absolute atomic E-state index is 13.8. The summed E-state index contributed by atoms with van der Waals surface area (Å²) in [4.78, 5) is 10.7. The van der Waals surface area contributed by atoms with Crippen LogP contribution in [-0.4, -0.2) is 11.1 Å². The van der Waals surface area contributed by atoms with Gasteiger partial charge in [-0.1, -0.05) is 24.3 Å². The number of carboxylic acids is 1. The van der Waals surface area contributed by atoms with Crippen LogP contribution in [0.2, 0.25) is 0 Å². The van der Waals surface area contributed by atoms with E-state index in [1.165, 1.54) is 0 Å². The van der Waals surface area contributed by atoms with Crippen molar-refractivity contribution in [2.45, 2.75) is 19.5 Å². The van der Waals surface area contributed by atoms with Gasteiger partial charge in [-0.2, -0.15) is 0 Å². The van der Waals surface area contributed by atoms with Crippen molar-refractivity contribution in [3.05, 3.63) is 41.0 Å². The highest BCUT2D eigenvalue weighted by molar-refractivity contribution is 5.88. The van der Waals surface area contributed by atoms with Crippen LogP contribution in [0.25, 0.3) is 5.57 Å². The Balaban J connectivity index is 2.49. The maximum Gasteiger partial charge on any atom is 0.307 e. The predicted molar refractivity (Wildman–Crippen MR) is 55.1 cm³/mol. The van der Waals surface area contributed by atoms with Crippen LogP contribution in [0.4, 0.5) is 4.39 Å². The van der Waals surface area contributed by atoms with Crippen molar-refractivity contribution in [3.63, 3.8) is 0 Å². The molecule has 2 rings (SSSR count). The lowest BCUT2D eigenvalue weighted by Gasteiger charge is -2.02. The summed E-state index contributed by atoms with van der Waals surface area (Å²) in [5, 5.41) is 8.75. The van der Waals surface area contributed by atoms with Gasteiger partial charge in [0.15, 0.2) is 0 Å². The molecule has 1 N–H and O–H groups in total. The maximum atomic E-state index is 13.8. The second-order valence-corrected chi connectivity index (χ2v) is 3.68. The Labute approximate surface area is 87.0 Å². The molecule has 78 valence electrons. The fourth-order valence-electron chi connectivity index (χ4n) is 1.98. The van der Waals surface area contributed by atoms with E-state index in [4.69, 9.17) is 5.11 Å². The Bertz CT molecular complexity index is 449. The summed E-state index contributed by atoms with van der Waals surface area (Å²) in [5.74, 6) is -0.923. The van der Waals surface area contributed by atoms with Gasteiger partial charge >= 0.3 is 5.97 Å². The van der Waals surface area contributed by atoms with Crippen LogP contribution in [0.5, 0.6) is 0 Å². The first kappa shape index (κ1) is 9.90. The Kier molecular flexibility index (Phi) is 2.31. The largest absolute Gasteiger partial charge is 0.481 e. The Morgan fingerprint density at radius 3 is 2.80 bits per heavy atom. The molecule has 1 aliphatic rings. The van der Waals surface area contributed by atoms with Gasteiger partial charge in [-0.3, -0.25) is 4.79 Å². The van der Waals surface area contributed by atoms with Crippen molar-refractivity contribution in [2.24, 2.45) is 0 Å². The molecule has 1 atom stereocenters. The minimum absolute atomic E-state index is 0.108. The number of halogens is 1. The zero-order valence-electron chi connectivity index (χ0n) is 8.33. The Morgan fingerprint density at radius 1 is 1.47 bits per heavy atom. The molecule has 0 radical (unpaired) electrons. The highest BCUT2D eigenvalue weighted by Gasteiger charge is 2.28. The molecule has 0 spiro atoms. The smallest absolute Gasteiger partial charge is 0.307 e. The number of aliphatic carboxylic acids is 1. The molecule has 0 aromatic heterocycles. The van der Waals surface area contributed by atoms with Crippen molar-refractivity contribution in [1.82, 2.24) is 0 Å². The van der Waals surface area contributed by atoms with E-state index in [1.807, 2.05) is 0 Å². The molecular formula is C12H11FO2. The topological polar surface area (TPSA) is 37.3 Å². The molecule has 1 aromatic carbocycles. The fraction of sp³-hybridized carbons (Fsp3) is 0.250. The average Bonchev–Trinajstić information content (AvgIpc) is 2.44. The molecule has 0 saturated heterocycles. The normalized spacial score (nSPS) is 19.2. The van der Waals surface area contributed by atoms with E-state index in [9.17, 15) is 9.18 Å². The SMILES string of the molecule is CC1=C(CC(=O)O)c2ccccc2C1F. The quantitative estimate of drug-likeness (QED) is 0.807. The first-order chi connectivity index (χ1) is 7.11. The van der Waals surface area contributed by atoms with Crippen LogP contribution in [0.3, 0.4) is 0 Å². The summed E-state index contributed by atoms with van der Waals surface area (Å²) in [6.07, 6.45) is -1.25. The van der Waals surface area contributed by atoms with Crippen molar-refractivity contribution in [2.75, 3.05) is 0 Å². The second-order valence-electron chi connectivity index (χ2n) is 3.68. The van der Waals surface area contributed by atoms with E-state index in [0.29, 0.717) is 16.7 Å². The van der Waals surface area contributed by atoms with Crippen LogP contribution in [0, 0.1) is 0 Å². The van der Waals surface area contributed by atoms with Crippen molar-refractivity contribution in [3.8, 4) is 0 Å². The summed E-state index contributed by atoms with van der Waals surface area (Å²) in [7, 11) is 0. The molecule has 1 aromatic rings. The Hall–Kier alpha value is -1.64. The van der Waals surface area contributed by atoms with Gasteiger partial charge in [0.1, 0.15) is 6.17 Å². The van der Waals surface area contributed by atoms with Crippen molar-refractivity contribution < 1.29 is 14.3 Å². The third-order valence-electron chi connectivity index (χ3n) is 2.74. The van der Waals surface area contributed by atoms with Gasteiger partial charge in [0.05, 0.1) is 6.42 Å². The van der Waals surface area contributed by atoms with Crippen LogP contribution in [0.1, 0.15) is 30.6 Å². The number of carbonyl (C=O) groups is 1. The number of allylic oxidation sites excluding steroid dienone is 1. The van der Waals surface area contributed by atoms with Crippen LogP contribution in [0.15, 0.2) is 29.8 Å². The lowest BCUT2D eigenvalue weighted by atomic mass is 10.0.